The topological polar surface area (TPSA) is 54.5 Å². The normalized spacial score (nSPS) is 17.4. The molecule has 138 valence electrons. The molecule has 0 bridgehead atoms. The summed E-state index contributed by atoms with van der Waals surface area (Å²) in [5.41, 5.74) is 0.980. The van der Waals surface area contributed by atoms with Crippen LogP contribution in [0.3, 0.4) is 0 Å². The molecule has 4 nitrogen and oxygen atoms in total. The van der Waals surface area contributed by atoms with E-state index in [2.05, 4.69) is 0 Å². The molecule has 26 heavy (non-hydrogen) atoms. The van der Waals surface area contributed by atoms with Crippen molar-refractivity contribution in [3.63, 3.8) is 0 Å². The van der Waals surface area contributed by atoms with Gasteiger partial charge in [-0.2, -0.15) is 0 Å². The predicted molar refractivity (Wildman–Crippen MR) is 98.0 cm³/mol. The molecule has 1 fully saturated rings. The second-order valence-corrected chi connectivity index (χ2v) is 8.70. The van der Waals surface area contributed by atoms with Gasteiger partial charge in [-0.3, -0.25) is 4.79 Å². The quantitative estimate of drug-likeness (QED) is 0.779. The van der Waals surface area contributed by atoms with Crippen LogP contribution in [0.1, 0.15) is 24.8 Å². The number of hydrogen-bond donors (Lipinski definition) is 0. The summed E-state index contributed by atoms with van der Waals surface area (Å²) in [5, 5.41) is 0. The van der Waals surface area contributed by atoms with E-state index in [0.717, 1.165) is 18.4 Å². The summed E-state index contributed by atoms with van der Waals surface area (Å²) in [6.07, 6.45) is 2.44. The predicted octanol–water partition coefficient (Wildman–Crippen LogP) is 3.22. The number of likely N-dealkylation sites (tertiary alicyclic amines) is 1. The molecule has 1 heterocycles. The Hall–Kier alpha value is -2.21. The van der Waals surface area contributed by atoms with Crippen molar-refractivity contribution in [1.82, 2.24) is 4.90 Å². The van der Waals surface area contributed by atoms with Crippen molar-refractivity contribution in [3.8, 4) is 0 Å². The fraction of sp³-hybridized carbons (Fsp3) is 0.350. The molecule has 0 spiro atoms. The van der Waals surface area contributed by atoms with Crippen LogP contribution in [-0.2, 0) is 21.1 Å². The van der Waals surface area contributed by atoms with Crippen LogP contribution in [0.2, 0.25) is 0 Å². The van der Waals surface area contributed by atoms with Gasteiger partial charge in [-0.1, -0.05) is 30.3 Å². The lowest BCUT2D eigenvalue weighted by molar-refractivity contribution is -0.131. The Balaban J connectivity index is 1.60. The lowest BCUT2D eigenvalue weighted by atomic mass is 10.0. The summed E-state index contributed by atoms with van der Waals surface area (Å²) in [6, 6.07) is 14.6. The average Bonchev–Trinajstić information content (AvgIpc) is 3.11. The van der Waals surface area contributed by atoms with Crippen molar-refractivity contribution in [3.05, 3.63) is 66.0 Å². The minimum absolute atomic E-state index is 0.0167. The third kappa shape index (κ3) is 4.49. The fourth-order valence-corrected chi connectivity index (χ4v) is 4.63. The van der Waals surface area contributed by atoms with Gasteiger partial charge in [0, 0.05) is 19.0 Å². The molecule has 1 aliphatic heterocycles. The van der Waals surface area contributed by atoms with Gasteiger partial charge in [0.2, 0.25) is 5.91 Å². The maximum atomic E-state index is 13.0. The first-order valence-electron chi connectivity index (χ1n) is 8.77. The third-order valence-electron chi connectivity index (χ3n) is 4.77. The molecule has 1 aliphatic rings. The van der Waals surface area contributed by atoms with E-state index < -0.39 is 9.84 Å². The van der Waals surface area contributed by atoms with Gasteiger partial charge in [-0.15, -0.1) is 0 Å². The first-order valence-corrected chi connectivity index (χ1v) is 10.4. The smallest absolute Gasteiger partial charge is 0.223 e. The largest absolute Gasteiger partial charge is 0.339 e. The molecular weight excluding hydrogens is 353 g/mol. The summed E-state index contributed by atoms with van der Waals surface area (Å²) < 4.78 is 37.7. The second-order valence-electron chi connectivity index (χ2n) is 6.60. The standard InChI is InChI=1S/C20H22FNO3S/c21-17-10-8-16(9-11-17)15-18-5-4-13-22(18)20(23)12-14-26(24,25)19-6-2-1-3-7-19/h1-3,6-11,18H,4-5,12-15H2. The minimum Gasteiger partial charge on any atom is -0.339 e. The fourth-order valence-electron chi connectivity index (χ4n) is 3.38. The molecule has 1 atom stereocenters. The molecule has 2 aromatic rings. The molecule has 0 N–H and O–H groups in total. The first kappa shape index (κ1) is 18.6. The van der Waals surface area contributed by atoms with Crippen molar-refractivity contribution in [2.24, 2.45) is 0 Å². The van der Waals surface area contributed by atoms with Gasteiger partial charge < -0.3 is 4.90 Å². The highest BCUT2D eigenvalue weighted by Crippen LogP contribution is 2.23. The zero-order valence-electron chi connectivity index (χ0n) is 14.5. The van der Waals surface area contributed by atoms with Crippen molar-refractivity contribution in [2.45, 2.75) is 36.6 Å². The molecule has 0 aliphatic carbocycles. The number of carbonyl (C=O) groups is 1. The number of amides is 1. The monoisotopic (exact) mass is 375 g/mol. The lowest BCUT2D eigenvalue weighted by Crippen LogP contribution is -2.37. The van der Waals surface area contributed by atoms with Crippen LogP contribution >= 0.6 is 0 Å². The molecule has 0 saturated carbocycles. The zero-order valence-corrected chi connectivity index (χ0v) is 15.3. The van der Waals surface area contributed by atoms with Crippen molar-refractivity contribution < 1.29 is 17.6 Å². The Bertz CT molecular complexity index is 850. The molecule has 3 rings (SSSR count). The van der Waals surface area contributed by atoms with E-state index in [9.17, 15) is 17.6 Å². The summed E-state index contributed by atoms with van der Waals surface area (Å²) in [6.45, 7) is 0.649. The Morgan fingerprint density at radius 1 is 1.08 bits per heavy atom. The van der Waals surface area contributed by atoms with E-state index in [1.165, 1.54) is 12.1 Å². The van der Waals surface area contributed by atoms with Crippen molar-refractivity contribution in [2.75, 3.05) is 12.3 Å². The van der Waals surface area contributed by atoms with E-state index >= 15 is 0 Å². The molecule has 1 saturated heterocycles. The number of sulfone groups is 1. The van der Waals surface area contributed by atoms with Crippen LogP contribution < -0.4 is 0 Å². The van der Waals surface area contributed by atoms with Gasteiger partial charge in [0.05, 0.1) is 10.6 Å². The molecular formula is C20H22FNO3S. The Morgan fingerprint density at radius 2 is 1.77 bits per heavy atom. The second kappa shape index (κ2) is 7.99. The highest BCUT2D eigenvalue weighted by Gasteiger charge is 2.29. The Labute approximate surface area is 153 Å². The van der Waals surface area contributed by atoms with E-state index in [0.29, 0.717) is 13.0 Å². The lowest BCUT2D eigenvalue weighted by Gasteiger charge is -2.25. The molecule has 0 radical (unpaired) electrons. The van der Waals surface area contributed by atoms with Gasteiger partial charge in [0.25, 0.3) is 0 Å². The third-order valence-corrected chi connectivity index (χ3v) is 6.50. The van der Waals surface area contributed by atoms with Gasteiger partial charge >= 0.3 is 0 Å². The van der Waals surface area contributed by atoms with Crippen molar-refractivity contribution >= 4 is 15.7 Å². The summed E-state index contributed by atoms with van der Waals surface area (Å²) >= 11 is 0. The zero-order chi connectivity index (χ0) is 18.6. The van der Waals surface area contributed by atoms with Gasteiger partial charge in [0.15, 0.2) is 9.84 Å². The van der Waals surface area contributed by atoms with Crippen LogP contribution in [0, 0.1) is 5.82 Å². The van der Waals surface area contributed by atoms with E-state index in [4.69, 9.17) is 0 Å². The average molecular weight is 375 g/mol. The van der Waals surface area contributed by atoms with Crippen LogP contribution in [0.5, 0.6) is 0 Å². The molecule has 1 amide bonds. The highest BCUT2D eigenvalue weighted by atomic mass is 32.2. The van der Waals surface area contributed by atoms with E-state index in [1.54, 1.807) is 47.4 Å². The molecule has 6 heteroatoms. The Morgan fingerprint density at radius 3 is 2.46 bits per heavy atom. The van der Waals surface area contributed by atoms with Gasteiger partial charge in [-0.05, 0) is 49.1 Å². The summed E-state index contributed by atoms with van der Waals surface area (Å²) in [7, 11) is -3.46. The Kier molecular flexibility index (Phi) is 5.71. The van der Waals surface area contributed by atoms with Gasteiger partial charge in [-0.25, -0.2) is 12.8 Å². The van der Waals surface area contributed by atoms with E-state index in [-0.39, 0.29) is 34.8 Å². The maximum Gasteiger partial charge on any atom is 0.223 e. The van der Waals surface area contributed by atoms with Gasteiger partial charge in [0.1, 0.15) is 5.82 Å². The van der Waals surface area contributed by atoms with Crippen LogP contribution in [0.15, 0.2) is 59.5 Å². The van der Waals surface area contributed by atoms with Crippen LogP contribution in [0.25, 0.3) is 0 Å². The molecule has 2 aromatic carbocycles. The maximum absolute atomic E-state index is 13.0. The van der Waals surface area contributed by atoms with Crippen LogP contribution in [0.4, 0.5) is 4.39 Å². The highest BCUT2D eigenvalue weighted by molar-refractivity contribution is 7.91. The number of nitrogens with zero attached hydrogens (tertiary/aromatic N) is 1. The number of halogens is 1. The first-order chi connectivity index (χ1) is 12.5. The number of benzene rings is 2. The van der Waals surface area contributed by atoms with E-state index in [1.807, 2.05) is 0 Å². The number of carbonyl (C=O) groups excluding carboxylic acids is 1. The summed E-state index contributed by atoms with van der Waals surface area (Å²) in [5.74, 6) is -0.594. The van der Waals surface area contributed by atoms with Crippen LogP contribution in [-0.4, -0.2) is 37.6 Å². The SMILES string of the molecule is O=C(CCS(=O)(=O)c1ccccc1)N1CCCC1Cc1ccc(F)cc1. The van der Waals surface area contributed by atoms with Crippen molar-refractivity contribution in [1.29, 1.82) is 0 Å². The molecule has 0 aromatic heterocycles. The molecule has 1 unspecified atom stereocenters. The minimum atomic E-state index is -3.46. The summed E-state index contributed by atoms with van der Waals surface area (Å²) in [4.78, 5) is 14.6. The number of hydrogen-bond acceptors (Lipinski definition) is 3. The number of rotatable bonds is 6.